The third kappa shape index (κ3) is 5.38. The first kappa shape index (κ1) is 22.5. The van der Waals surface area contributed by atoms with E-state index >= 15 is 0 Å². The molecule has 0 aliphatic rings. The van der Waals surface area contributed by atoms with Crippen molar-refractivity contribution in [2.45, 2.75) is 37.7 Å². The van der Waals surface area contributed by atoms with E-state index in [1.54, 1.807) is 11.8 Å². The van der Waals surface area contributed by atoms with Crippen LogP contribution in [0.15, 0.2) is 59.1 Å². The fourth-order valence-corrected chi connectivity index (χ4v) is 5.18. The minimum Gasteiger partial charge on any atom is -0.325 e. The molecule has 0 bridgehead atoms. The molecular formula is C23H22ClN5OS2. The number of anilines is 1. The van der Waals surface area contributed by atoms with E-state index in [0.29, 0.717) is 10.8 Å². The molecule has 1 N–H and O–H groups in total. The summed E-state index contributed by atoms with van der Waals surface area (Å²) in [5, 5.41) is 16.0. The van der Waals surface area contributed by atoms with Crippen LogP contribution in [0.1, 0.15) is 23.2 Å². The van der Waals surface area contributed by atoms with Gasteiger partial charge >= 0.3 is 0 Å². The number of para-hydroxylation sites is 1. The minimum atomic E-state index is -0.0651. The van der Waals surface area contributed by atoms with Gasteiger partial charge < -0.3 is 9.88 Å². The lowest BCUT2D eigenvalue weighted by molar-refractivity contribution is -0.115. The van der Waals surface area contributed by atoms with E-state index < -0.39 is 0 Å². The number of thioether (sulfide) groups is 1. The Hall–Kier alpha value is -2.68. The summed E-state index contributed by atoms with van der Waals surface area (Å²) in [6.45, 7) is 4.79. The number of thiazole rings is 1. The molecular weight excluding hydrogens is 462 g/mol. The predicted molar refractivity (Wildman–Crippen MR) is 131 cm³/mol. The van der Waals surface area contributed by atoms with Gasteiger partial charge in [-0.15, -0.1) is 21.5 Å². The molecule has 0 aliphatic heterocycles. The molecule has 4 aromatic rings. The summed E-state index contributed by atoms with van der Waals surface area (Å²) in [5.41, 5.74) is 3.73. The number of halogens is 1. The van der Waals surface area contributed by atoms with E-state index in [9.17, 15) is 4.79 Å². The van der Waals surface area contributed by atoms with Crippen molar-refractivity contribution in [2.75, 3.05) is 5.32 Å². The van der Waals surface area contributed by atoms with E-state index in [1.165, 1.54) is 11.3 Å². The smallest absolute Gasteiger partial charge is 0.231 e. The van der Waals surface area contributed by atoms with Gasteiger partial charge in [-0.05, 0) is 37.6 Å². The molecule has 0 saturated carbocycles. The van der Waals surface area contributed by atoms with Crippen molar-refractivity contribution in [2.24, 2.45) is 0 Å². The first-order valence-electron chi connectivity index (χ1n) is 10.1. The third-order valence-corrected chi connectivity index (χ3v) is 6.93. The molecule has 2 aromatic carbocycles. The van der Waals surface area contributed by atoms with Crippen LogP contribution in [0.3, 0.4) is 0 Å². The van der Waals surface area contributed by atoms with Crippen molar-refractivity contribution < 1.29 is 4.79 Å². The van der Waals surface area contributed by atoms with Gasteiger partial charge in [0, 0.05) is 34.0 Å². The maximum absolute atomic E-state index is 12.4. The molecule has 32 heavy (non-hydrogen) atoms. The first-order chi connectivity index (χ1) is 15.5. The zero-order chi connectivity index (χ0) is 22.5. The zero-order valence-corrected chi connectivity index (χ0v) is 20.1. The third-order valence-electron chi connectivity index (χ3n) is 4.80. The number of aromatic nitrogens is 4. The Bertz CT molecular complexity index is 1240. The van der Waals surface area contributed by atoms with Crippen LogP contribution in [0.2, 0.25) is 5.02 Å². The number of aryl methyl sites for hydroxylation is 1. The number of nitrogens with one attached hydrogen (secondary N) is 1. The van der Waals surface area contributed by atoms with Gasteiger partial charge in [-0.25, -0.2) is 4.98 Å². The Morgan fingerprint density at radius 1 is 1.19 bits per heavy atom. The average Bonchev–Trinajstić information content (AvgIpc) is 3.40. The summed E-state index contributed by atoms with van der Waals surface area (Å²) in [7, 11) is 0. The second kappa shape index (κ2) is 10.3. The van der Waals surface area contributed by atoms with Crippen LogP contribution in [-0.2, 0) is 23.5 Å². The predicted octanol–water partition coefficient (Wildman–Crippen LogP) is 5.86. The topological polar surface area (TPSA) is 72.7 Å². The van der Waals surface area contributed by atoms with Gasteiger partial charge in [0.1, 0.15) is 5.01 Å². The standard InChI is InChI=1S/C23H22ClN5OS2/c1-3-29-22(16-8-6-9-17(24)11-16)27-28-23(29)32-14-18-13-31-21(25-18)12-20(30)26-19-10-5-4-7-15(19)2/h4-11,13H,3,12,14H2,1-2H3,(H,26,30). The Morgan fingerprint density at radius 2 is 2.03 bits per heavy atom. The van der Waals surface area contributed by atoms with Crippen LogP contribution in [0.4, 0.5) is 5.69 Å². The van der Waals surface area contributed by atoms with Gasteiger partial charge in [0.2, 0.25) is 5.91 Å². The summed E-state index contributed by atoms with van der Waals surface area (Å²) in [5.74, 6) is 1.39. The second-order valence-corrected chi connectivity index (χ2v) is 9.44. The summed E-state index contributed by atoms with van der Waals surface area (Å²) in [6, 6.07) is 15.4. The highest BCUT2D eigenvalue weighted by atomic mass is 35.5. The molecule has 2 aromatic heterocycles. The number of rotatable bonds is 8. The van der Waals surface area contributed by atoms with Gasteiger partial charge in [-0.3, -0.25) is 4.79 Å². The van der Waals surface area contributed by atoms with Crippen LogP contribution in [0.25, 0.3) is 11.4 Å². The molecule has 0 radical (unpaired) electrons. The van der Waals surface area contributed by atoms with Crippen LogP contribution >= 0.6 is 34.7 Å². The van der Waals surface area contributed by atoms with E-state index in [0.717, 1.165) is 45.0 Å². The fraction of sp³-hybridized carbons (Fsp3) is 0.217. The van der Waals surface area contributed by atoms with Crippen molar-refractivity contribution in [1.82, 2.24) is 19.7 Å². The Labute approximate surface area is 200 Å². The normalized spacial score (nSPS) is 11.0. The molecule has 2 heterocycles. The molecule has 9 heteroatoms. The fourth-order valence-electron chi connectivity index (χ4n) is 3.20. The van der Waals surface area contributed by atoms with Crippen molar-refractivity contribution in [3.8, 4) is 11.4 Å². The SMILES string of the molecule is CCn1c(SCc2csc(CC(=O)Nc3ccccc3C)n2)nnc1-c1cccc(Cl)c1. The van der Waals surface area contributed by atoms with E-state index in [4.69, 9.17) is 11.6 Å². The van der Waals surface area contributed by atoms with Gasteiger partial charge in [0.15, 0.2) is 11.0 Å². The largest absolute Gasteiger partial charge is 0.325 e. The molecule has 0 saturated heterocycles. The van der Waals surface area contributed by atoms with Gasteiger partial charge in [0.05, 0.1) is 12.1 Å². The van der Waals surface area contributed by atoms with Gasteiger partial charge in [-0.2, -0.15) is 0 Å². The van der Waals surface area contributed by atoms with Gasteiger partial charge in [-0.1, -0.05) is 53.7 Å². The number of carbonyl (C=O) groups is 1. The van der Waals surface area contributed by atoms with Crippen LogP contribution in [0, 0.1) is 6.92 Å². The van der Waals surface area contributed by atoms with Crippen molar-refractivity contribution in [3.05, 3.63) is 75.2 Å². The second-order valence-electron chi connectivity index (χ2n) is 7.12. The van der Waals surface area contributed by atoms with Crippen molar-refractivity contribution >= 4 is 46.3 Å². The lowest BCUT2D eigenvalue weighted by Gasteiger charge is -2.07. The summed E-state index contributed by atoms with van der Waals surface area (Å²) in [4.78, 5) is 17.0. The maximum Gasteiger partial charge on any atom is 0.231 e. The molecule has 6 nitrogen and oxygen atoms in total. The molecule has 4 rings (SSSR count). The quantitative estimate of drug-likeness (QED) is 0.318. The Balaban J connectivity index is 1.38. The zero-order valence-electron chi connectivity index (χ0n) is 17.7. The van der Waals surface area contributed by atoms with Crippen molar-refractivity contribution in [1.29, 1.82) is 0 Å². The number of amides is 1. The Morgan fingerprint density at radius 3 is 2.81 bits per heavy atom. The number of hydrogen-bond donors (Lipinski definition) is 1. The Kier molecular flexibility index (Phi) is 7.24. The van der Waals surface area contributed by atoms with Gasteiger partial charge in [0.25, 0.3) is 0 Å². The maximum atomic E-state index is 12.4. The van der Waals surface area contributed by atoms with Crippen molar-refractivity contribution in [3.63, 3.8) is 0 Å². The highest BCUT2D eigenvalue weighted by Crippen LogP contribution is 2.28. The molecule has 164 valence electrons. The number of carbonyl (C=O) groups excluding carboxylic acids is 1. The van der Waals surface area contributed by atoms with Crippen LogP contribution in [-0.4, -0.2) is 25.7 Å². The molecule has 1 amide bonds. The summed E-state index contributed by atoms with van der Waals surface area (Å²) < 4.78 is 2.07. The first-order valence-corrected chi connectivity index (χ1v) is 12.4. The number of nitrogens with zero attached hydrogens (tertiary/aromatic N) is 4. The molecule has 0 unspecified atom stereocenters. The number of hydrogen-bond acceptors (Lipinski definition) is 6. The lowest BCUT2D eigenvalue weighted by atomic mass is 10.2. The highest BCUT2D eigenvalue weighted by molar-refractivity contribution is 7.98. The molecule has 0 spiro atoms. The van der Waals surface area contributed by atoms with Crippen LogP contribution < -0.4 is 5.32 Å². The van der Waals surface area contributed by atoms with Crippen LogP contribution in [0.5, 0.6) is 0 Å². The molecule has 0 atom stereocenters. The van der Waals surface area contributed by atoms with E-state index in [-0.39, 0.29) is 12.3 Å². The van der Waals surface area contributed by atoms with E-state index in [2.05, 4.69) is 32.0 Å². The van der Waals surface area contributed by atoms with E-state index in [1.807, 2.05) is 60.8 Å². The molecule has 0 aliphatic carbocycles. The summed E-state index contributed by atoms with van der Waals surface area (Å²) >= 11 is 9.21. The number of benzene rings is 2. The average molecular weight is 484 g/mol. The minimum absolute atomic E-state index is 0.0651. The summed E-state index contributed by atoms with van der Waals surface area (Å²) in [6.07, 6.45) is 0.258. The lowest BCUT2D eigenvalue weighted by Crippen LogP contribution is -2.15. The molecule has 0 fully saturated rings. The highest BCUT2D eigenvalue weighted by Gasteiger charge is 2.15. The monoisotopic (exact) mass is 483 g/mol.